The minimum absolute atomic E-state index is 0.0725. The molecule has 146 valence electrons. The lowest BCUT2D eigenvalue weighted by atomic mass is 10.1. The van der Waals surface area contributed by atoms with Gasteiger partial charge in [0.1, 0.15) is 10.6 Å². The van der Waals surface area contributed by atoms with Crippen molar-refractivity contribution < 1.29 is 23.1 Å². The van der Waals surface area contributed by atoms with Gasteiger partial charge >= 0.3 is 5.97 Å². The van der Waals surface area contributed by atoms with Crippen molar-refractivity contribution in [3.63, 3.8) is 0 Å². The Bertz CT molecular complexity index is 882. The van der Waals surface area contributed by atoms with Gasteiger partial charge in [-0.3, -0.25) is 0 Å². The first-order valence-electron chi connectivity index (χ1n) is 8.76. The number of ether oxygens (including phenoxy) is 1. The van der Waals surface area contributed by atoms with Crippen LogP contribution in [0.1, 0.15) is 37.0 Å². The van der Waals surface area contributed by atoms with Crippen LogP contribution in [-0.4, -0.2) is 32.6 Å². The molecule has 0 atom stereocenters. The molecule has 0 bridgehead atoms. The zero-order valence-electron chi connectivity index (χ0n) is 15.4. The highest BCUT2D eigenvalue weighted by Crippen LogP contribution is 2.37. The third-order valence-electron chi connectivity index (χ3n) is 3.73. The molecule has 2 aromatic carbocycles. The van der Waals surface area contributed by atoms with E-state index in [0.29, 0.717) is 18.0 Å². The quantitative estimate of drug-likeness (QED) is 0.533. The van der Waals surface area contributed by atoms with Gasteiger partial charge in [-0.25, -0.2) is 17.9 Å². The van der Waals surface area contributed by atoms with Crippen LogP contribution in [0.5, 0.6) is 11.5 Å². The van der Waals surface area contributed by atoms with E-state index >= 15 is 0 Å². The molecule has 7 nitrogen and oxygen atoms in total. The van der Waals surface area contributed by atoms with Crippen LogP contribution in [0.3, 0.4) is 0 Å². The van der Waals surface area contributed by atoms with Crippen molar-refractivity contribution in [1.29, 1.82) is 0 Å². The van der Waals surface area contributed by atoms with Crippen LogP contribution in [-0.2, 0) is 10.0 Å². The Morgan fingerprint density at radius 3 is 2.44 bits per heavy atom. The van der Waals surface area contributed by atoms with Gasteiger partial charge in [-0.2, -0.15) is 0 Å². The lowest BCUT2D eigenvalue weighted by Crippen LogP contribution is -2.24. The topological polar surface area (TPSA) is 105 Å². The molecule has 2 rings (SSSR count). The first-order chi connectivity index (χ1) is 12.9. The molecule has 0 heterocycles. The number of unbranched alkanes of at least 4 members (excludes halogenated alkanes) is 1. The molecule has 8 heteroatoms. The Hall–Kier alpha value is -2.58. The Labute approximate surface area is 159 Å². The smallest absolute Gasteiger partial charge is 0.335 e. The molecule has 0 amide bonds. The molecular formula is C19H24N2O5S. The molecule has 0 unspecified atom stereocenters. The van der Waals surface area contributed by atoms with Gasteiger partial charge < -0.3 is 15.2 Å². The summed E-state index contributed by atoms with van der Waals surface area (Å²) < 4.78 is 33.6. The van der Waals surface area contributed by atoms with Gasteiger partial charge in [0.05, 0.1) is 11.3 Å². The summed E-state index contributed by atoms with van der Waals surface area (Å²) in [6.45, 7) is 4.41. The lowest BCUT2D eigenvalue weighted by molar-refractivity contribution is 0.0696. The summed E-state index contributed by atoms with van der Waals surface area (Å²) in [6, 6.07) is 11.3. The lowest BCUT2D eigenvalue weighted by Gasteiger charge is -2.18. The maximum atomic E-state index is 12.7. The zero-order chi connectivity index (χ0) is 19.9. The fraction of sp³-hybridized carbons (Fsp3) is 0.316. The molecule has 0 radical (unpaired) electrons. The number of hydrogen-bond donors (Lipinski definition) is 3. The first-order valence-corrected chi connectivity index (χ1v) is 10.2. The van der Waals surface area contributed by atoms with E-state index in [-0.39, 0.29) is 22.8 Å². The predicted molar refractivity (Wildman–Crippen MR) is 104 cm³/mol. The minimum Gasteiger partial charge on any atom is -0.478 e. The van der Waals surface area contributed by atoms with Gasteiger partial charge in [0.2, 0.25) is 10.0 Å². The van der Waals surface area contributed by atoms with Crippen LogP contribution in [0.25, 0.3) is 0 Å². The molecule has 0 spiro atoms. The van der Waals surface area contributed by atoms with E-state index < -0.39 is 16.0 Å². The number of anilines is 1. The van der Waals surface area contributed by atoms with Crippen molar-refractivity contribution in [3.8, 4) is 11.5 Å². The van der Waals surface area contributed by atoms with E-state index in [9.17, 15) is 18.3 Å². The molecule has 0 fully saturated rings. The van der Waals surface area contributed by atoms with Gasteiger partial charge in [0.15, 0.2) is 5.75 Å². The summed E-state index contributed by atoms with van der Waals surface area (Å²) in [6.07, 6.45) is 1.78. The minimum atomic E-state index is -3.95. The van der Waals surface area contributed by atoms with Crippen molar-refractivity contribution in [3.05, 3.63) is 48.0 Å². The SMILES string of the molecule is CCCCNc1cc(C(=O)O)cc(S(=O)(=O)NCC)c1Oc1ccccc1. The fourth-order valence-corrected chi connectivity index (χ4v) is 3.65. The van der Waals surface area contributed by atoms with Crippen molar-refractivity contribution in [1.82, 2.24) is 4.72 Å². The number of para-hydroxylation sites is 1. The molecule has 0 aromatic heterocycles. The van der Waals surface area contributed by atoms with Gasteiger partial charge in [-0.15, -0.1) is 0 Å². The Morgan fingerprint density at radius 1 is 1.15 bits per heavy atom. The monoisotopic (exact) mass is 392 g/mol. The molecule has 3 N–H and O–H groups in total. The Kier molecular flexibility index (Phi) is 7.20. The average molecular weight is 392 g/mol. The normalized spacial score (nSPS) is 11.2. The van der Waals surface area contributed by atoms with E-state index in [1.807, 2.05) is 13.0 Å². The second-order valence-corrected chi connectivity index (χ2v) is 7.59. The van der Waals surface area contributed by atoms with Crippen LogP contribution in [0.15, 0.2) is 47.4 Å². The number of aromatic carboxylic acids is 1. The van der Waals surface area contributed by atoms with Crippen LogP contribution in [0.4, 0.5) is 5.69 Å². The van der Waals surface area contributed by atoms with Crippen molar-refractivity contribution in [2.75, 3.05) is 18.4 Å². The number of sulfonamides is 1. The van der Waals surface area contributed by atoms with Crippen molar-refractivity contribution in [2.24, 2.45) is 0 Å². The highest BCUT2D eigenvalue weighted by Gasteiger charge is 2.25. The Balaban J connectivity index is 2.63. The fourth-order valence-electron chi connectivity index (χ4n) is 2.44. The number of carboxylic acid groups (broad SMARTS) is 1. The summed E-state index contributed by atoms with van der Waals surface area (Å²) in [5.41, 5.74) is 0.189. The summed E-state index contributed by atoms with van der Waals surface area (Å²) >= 11 is 0. The maximum Gasteiger partial charge on any atom is 0.335 e. The largest absolute Gasteiger partial charge is 0.478 e. The molecule has 27 heavy (non-hydrogen) atoms. The van der Waals surface area contributed by atoms with Crippen molar-refractivity contribution in [2.45, 2.75) is 31.6 Å². The Morgan fingerprint density at radius 2 is 1.85 bits per heavy atom. The first kappa shape index (κ1) is 20.7. The van der Waals surface area contributed by atoms with Crippen LogP contribution in [0.2, 0.25) is 0 Å². The predicted octanol–water partition coefficient (Wildman–Crippen LogP) is 3.69. The second-order valence-electron chi connectivity index (χ2n) is 5.85. The third kappa shape index (κ3) is 5.45. The summed E-state index contributed by atoms with van der Waals surface area (Å²) in [5, 5.41) is 12.5. The summed E-state index contributed by atoms with van der Waals surface area (Å²) in [5.74, 6) is -0.692. The molecule has 0 aliphatic heterocycles. The number of hydrogen-bond acceptors (Lipinski definition) is 5. The molecule has 0 aliphatic carbocycles. The molecule has 0 aliphatic rings. The van der Waals surface area contributed by atoms with E-state index in [4.69, 9.17) is 4.74 Å². The average Bonchev–Trinajstić information content (AvgIpc) is 2.63. The number of carbonyl (C=O) groups is 1. The highest BCUT2D eigenvalue weighted by molar-refractivity contribution is 7.89. The van der Waals surface area contributed by atoms with Gasteiger partial charge in [0.25, 0.3) is 0 Å². The third-order valence-corrected chi connectivity index (χ3v) is 5.29. The van der Waals surface area contributed by atoms with Crippen molar-refractivity contribution >= 4 is 21.7 Å². The summed E-state index contributed by atoms with van der Waals surface area (Å²) in [7, 11) is -3.95. The van der Waals surface area contributed by atoms with Gasteiger partial charge in [0, 0.05) is 13.1 Å². The number of carboxylic acids is 1. The van der Waals surface area contributed by atoms with E-state index in [1.165, 1.54) is 6.07 Å². The molecule has 2 aromatic rings. The maximum absolute atomic E-state index is 12.7. The van der Waals surface area contributed by atoms with Gasteiger partial charge in [-0.05, 0) is 30.7 Å². The van der Waals surface area contributed by atoms with E-state index in [2.05, 4.69) is 10.0 Å². The number of nitrogens with one attached hydrogen (secondary N) is 2. The molecular weight excluding hydrogens is 368 g/mol. The molecule has 0 saturated carbocycles. The molecule has 0 saturated heterocycles. The van der Waals surface area contributed by atoms with E-state index in [1.54, 1.807) is 31.2 Å². The van der Waals surface area contributed by atoms with E-state index in [0.717, 1.165) is 18.9 Å². The highest BCUT2D eigenvalue weighted by atomic mass is 32.2. The van der Waals surface area contributed by atoms with Crippen LogP contribution < -0.4 is 14.8 Å². The number of benzene rings is 2. The standard InChI is InChI=1S/C19H24N2O5S/c1-3-5-11-20-16-12-14(19(22)23)13-17(27(24,25)21-4-2)18(16)26-15-9-7-6-8-10-15/h6-10,12-13,20-21H,3-5,11H2,1-2H3,(H,22,23). The van der Waals surface area contributed by atoms with Crippen LogP contribution in [0, 0.1) is 0 Å². The number of rotatable bonds is 10. The van der Waals surface area contributed by atoms with Gasteiger partial charge in [-0.1, -0.05) is 38.5 Å². The second kappa shape index (κ2) is 9.38. The summed E-state index contributed by atoms with van der Waals surface area (Å²) in [4.78, 5) is 11.3. The zero-order valence-corrected chi connectivity index (χ0v) is 16.2. The van der Waals surface area contributed by atoms with Crippen LogP contribution >= 0.6 is 0 Å².